The van der Waals surface area contributed by atoms with E-state index in [1.54, 1.807) is 0 Å². The van der Waals surface area contributed by atoms with Gasteiger partial charge in [0.2, 0.25) is 0 Å². The molecule has 2 aromatic carbocycles. The topological polar surface area (TPSA) is 20.2 Å². The summed E-state index contributed by atoms with van der Waals surface area (Å²) in [5.41, 5.74) is 3.08. The van der Waals surface area contributed by atoms with E-state index in [-0.39, 0.29) is 0 Å². The van der Waals surface area contributed by atoms with E-state index in [4.69, 9.17) is 11.6 Å². The summed E-state index contributed by atoms with van der Waals surface area (Å²) >= 11 is 6.16. The minimum absolute atomic E-state index is 0.296. The van der Waals surface area contributed by atoms with Gasteiger partial charge in [0.05, 0.1) is 5.60 Å². The first-order valence-electron chi connectivity index (χ1n) is 7.73. The second-order valence-electron chi connectivity index (χ2n) is 6.48. The van der Waals surface area contributed by atoms with Gasteiger partial charge in [-0.3, -0.25) is 0 Å². The molecule has 1 N–H and O–H groups in total. The maximum absolute atomic E-state index is 11.6. The molecule has 2 aliphatic rings. The van der Waals surface area contributed by atoms with Crippen molar-refractivity contribution < 1.29 is 5.11 Å². The van der Waals surface area contributed by atoms with E-state index in [0.29, 0.717) is 16.9 Å². The van der Waals surface area contributed by atoms with Crippen molar-refractivity contribution in [3.05, 3.63) is 70.2 Å². The summed E-state index contributed by atoms with van der Waals surface area (Å²) in [6.07, 6.45) is 4.13. The van der Waals surface area contributed by atoms with Gasteiger partial charge >= 0.3 is 0 Å². The van der Waals surface area contributed by atoms with Crippen molar-refractivity contribution in [2.24, 2.45) is 11.8 Å². The number of fused-ring (bicyclic) bond motifs is 3. The van der Waals surface area contributed by atoms with Crippen LogP contribution in [0, 0.1) is 11.8 Å². The van der Waals surface area contributed by atoms with Crippen LogP contribution >= 0.6 is 11.6 Å². The van der Waals surface area contributed by atoms with Gasteiger partial charge in [0, 0.05) is 5.02 Å². The number of halogens is 1. The monoisotopic (exact) mass is 298 g/mol. The summed E-state index contributed by atoms with van der Waals surface area (Å²) in [6, 6.07) is 16.5. The van der Waals surface area contributed by atoms with Gasteiger partial charge in [0.25, 0.3) is 0 Å². The number of hydrogen-bond donors (Lipinski definition) is 1. The molecular weight excluding hydrogens is 280 g/mol. The van der Waals surface area contributed by atoms with Gasteiger partial charge in [-0.15, -0.1) is 0 Å². The zero-order chi connectivity index (χ0) is 14.4. The van der Waals surface area contributed by atoms with Crippen LogP contribution < -0.4 is 0 Å². The van der Waals surface area contributed by atoms with Crippen molar-refractivity contribution in [1.29, 1.82) is 0 Å². The maximum atomic E-state index is 11.6. The normalized spacial score (nSPS) is 30.8. The van der Waals surface area contributed by atoms with Gasteiger partial charge in [-0.25, -0.2) is 0 Å². The lowest BCUT2D eigenvalue weighted by Crippen LogP contribution is -2.37. The predicted molar refractivity (Wildman–Crippen MR) is 85.4 cm³/mol. The van der Waals surface area contributed by atoms with Crippen LogP contribution in [0.2, 0.25) is 5.02 Å². The van der Waals surface area contributed by atoms with Gasteiger partial charge in [0.15, 0.2) is 0 Å². The Morgan fingerprint density at radius 2 is 1.52 bits per heavy atom. The smallest absolute Gasteiger partial charge is 0.0959 e. The number of aliphatic hydroxyl groups is 1. The van der Waals surface area contributed by atoms with Crippen molar-refractivity contribution in [3.63, 3.8) is 0 Å². The van der Waals surface area contributed by atoms with Crippen LogP contribution in [0.4, 0.5) is 0 Å². The quantitative estimate of drug-likeness (QED) is 0.830. The molecular formula is C19H19ClO. The summed E-state index contributed by atoms with van der Waals surface area (Å²) in [5, 5.41) is 12.3. The van der Waals surface area contributed by atoms with Crippen molar-refractivity contribution >= 4 is 11.6 Å². The molecule has 108 valence electrons. The van der Waals surface area contributed by atoms with Gasteiger partial charge in [-0.1, -0.05) is 48.0 Å². The molecule has 2 unspecified atom stereocenters. The molecule has 1 nitrogen and oxygen atoms in total. The predicted octanol–water partition coefficient (Wildman–Crippen LogP) is 4.35. The minimum Gasteiger partial charge on any atom is -0.385 e. The Labute approximate surface area is 130 Å². The largest absolute Gasteiger partial charge is 0.385 e. The van der Waals surface area contributed by atoms with Crippen LogP contribution in [0.1, 0.15) is 29.5 Å². The van der Waals surface area contributed by atoms with E-state index in [2.05, 4.69) is 24.3 Å². The summed E-state index contributed by atoms with van der Waals surface area (Å²) in [6.45, 7) is 0. The van der Waals surface area contributed by atoms with Gasteiger partial charge in [0.1, 0.15) is 0 Å². The second kappa shape index (κ2) is 4.86. The zero-order valence-corrected chi connectivity index (χ0v) is 12.7. The highest BCUT2D eigenvalue weighted by Gasteiger charge is 2.51. The Morgan fingerprint density at radius 3 is 2.10 bits per heavy atom. The lowest BCUT2D eigenvalue weighted by Gasteiger charge is -2.34. The highest BCUT2D eigenvalue weighted by molar-refractivity contribution is 6.30. The molecule has 1 saturated carbocycles. The molecule has 0 spiro atoms. The van der Waals surface area contributed by atoms with E-state index in [1.165, 1.54) is 11.1 Å². The molecule has 2 atom stereocenters. The van der Waals surface area contributed by atoms with E-state index >= 15 is 0 Å². The van der Waals surface area contributed by atoms with Crippen LogP contribution in [-0.4, -0.2) is 5.11 Å². The van der Waals surface area contributed by atoms with E-state index in [1.807, 2.05) is 24.3 Å². The third-order valence-corrected chi connectivity index (χ3v) is 5.68. The molecule has 0 heterocycles. The average Bonchev–Trinajstić information content (AvgIpc) is 2.71. The molecule has 2 heteroatoms. The van der Waals surface area contributed by atoms with Crippen molar-refractivity contribution in [2.45, 2.75) is 31.3 Å². The molecule has 0 saturated heterocycles. The van der Waals surface area contributed by atoms with Crippen molar-refractivity contribution in [2.75, 3.05) is 0 Å². The summed E-state index contributed by atoms with van der Waals surface area (Å²) < 4.78 is 0. The summed E-state index contributed by atoms with van der Waals surface area (Å²) in [5.74, 6) is 0.592. The molecule has 21 heavy (non-hydrogen) atoms. The van der Waals surface area contributed by atoms with Gasteiger partial charge < -0.3 is 5.11 Å². The Hall–Kier alpha value is -1.31. The number of hydrogen-bond acceptors (Lipinski definition) is 1. The SMILES string of the molecule is OC1(c2cccc(Cl)c2)C2CCC1Cc1ccccc1C2. The van der Waals surface area contributed by atoms with Crippen LogP contribution in [0.15, 0.2) is 48.5 Å². The number of benzene rings is 2. The lowest BCUT2D eigenvalue weighted by molar-refractivity contribution is -0.0395. The third kappa shape index (κ3) is 2.03. The first-order chi connectivity index (χ1) is 10.2. The fourth-order valence-electron chi connectivity index (χ4n) is 4.39. The van der Waals surface area contributed by atoms with Crippen molar-refractivity contribution in [1.82, 2.24) is 0 Å². The van der Waals surface area contributed by atoms with E-state index in [9.17, 15) is 5.11 Å². The molecule has 1 fully saturated rings. The summed E-state index contributed by atoms with van der Waals surface area (Å²) in [4.78, 5) is 0. The molecule has 0 aromatic heterocycles. The average molecular weight is 299 g/mol. The molecule has 4 rings (SSSR count). The van der Waals surface area contributed by atoms with E-state index in [0.717, 1.165) is 31.2 Å². The highest BCUT2D eigenvalue weighted by Crippen LogP contribution is 2.52. The molecule has 2 aliphatic carbocycles. The first-order valence-corrected chi connectivity index (χ1v) is 8.11. The van der Waals surface area contributed by atoms with Crippen LogP contribution in [-0.2, 0) is 18.4 Å². The molecule has 0 aliphatic heterocycles. The summed E-state index contributed by atoms with van der Waals surface area (Å²) in [7, 11) is 0. The lowest BCUT2D eigenvalue weighted by atomic mass is 9.77. The fraction of sp³-hybridized carbons (Fsp3) is 0.368. The standard InChI is InChI=1S/C19H19ClO/c20-18-7-3-6-15(12-18)19(21)16-8-9-17(19)11-14-5-2-1-4-13(14)10-16/h1-7,12,16-17,21H,8-11H2. The zero-order valence-electron chi connectivity index (χ0n) is 11.9. The third-order valence-electron chi connectivity index (χ3n) is 5.45. The highest BCUT2D eigenvalue weighted by atomic mass is 35.5. The fourth-order valence-corrected chi connectivity index (χ4v) is 4.58. The van der Waals surface area contributed by atoms with Crippen molar-refractivity contribution in [3.8, 4) is 0 Å². The molecule has 0 amide bonds. The Balaban J connectivity index is 1.81. The van der Waals surface area contributed by atoms with Gasteiger partial charge in [-0.05, 0) is 66.3 Å². The maximum Gasteiger partial charge on any atom is 0.0959 e. The molecule has 2 aromatic rings. The molecule has 0 radical (unpaired) electrons. The van der Waals surface area contributed by atoms with Crippen LogP contribution in [0.3, 0.4) is 0 Å². The Kier molecular flexibility index (Phi) is 3.09. The Morgan fingerprint density at radius 1 is 0.905 bits per heavy atom. The molecule has 2 bridgehead atoms. The Bertz CT molecular complexity index is 646. The van der Waals surface area contributed by atoms with Crippen LogP contribution in [0.25, 0.3) is 0 Å². The number of rotatable bonds is 1. The van der Waals surface area contributed by atoms with E-state index < -0.39 is 5.60 Å². The van der Waals surface area contributed by atoms with Crippen LogP contribution in [0.5, 0.6) is 0 Å². The minimum atomic E-state index is -0.732. The van der Waals surface area contributed by atoms with Gasteiger partial charge in [-0.2, -0.15) is 0 Å². The second-order valence-corrected chi connectivity index (χ2v) is 6.92. The first kappa shape index (κ1) is 13.4.